The molecule has 0 aromatic carbocycles. The van der Waals surface area contributed by atoms with Crippen LogP contribution in [0.1, 0.15) is 6.42 Å². The number of fused-ring (bicyclic) bond motifs is 1. The number of nitrogens with zero attached hydrogens (tertiary/aromatic N) is 1. The molecule has 0 spiro atoms. The quantitative estimate of drug-likeness (QED) is 0.478. The van der Waals surface area contributed by atoms with E-state index < -0.39 is 0 Å². The number of nitriles is 1. The molecule has 0 radical (unpaired) electrons. The Morgan fingerprint density at radius 1 is 1.62 bits per heavy atom. The summed E-state index contributed by atoms with van der Waals surface area (Å²) in [7, 11) is 0. The van der Waals surface area contributed by atoms with E-state index in [1.807, 2.05) is 0 Å². The third kappa shape index (κ3) is 0.399. The van der Waals surface area contributed by atoms with Gasteiger partial charge < -0.3 is 5.32 Å². The van der Waals surface area contributed by atoms with Gasteiger partial charge in [-0.25, -0.2) is 0 Å². The van der Waals surface area contributed by atoms with Crippen LogP contribution in [-0.4, -0.2) is 12.6 Å². The summed E-state index contributed by atoms with van der Waals surface area (Å²) >= 11 is 0. The van der Waals surface area contributed by atoms with Crippen molar-refractivity contribution in [2.24, 2.45) is 11.8 Å². The average Bonchev–Trinajstić information content (AvgIpc) is 2.46. The molecule has 2 nitrogen and oxygen atoms in total. The molecule has 1 heterocycles. The second-order valence-corrected chi connectivity index (χ2v) is 2.67. The van der Waals surface area contributed by atoms with Crippen molar-refractivity contribution in [1.82, 2.24) is 5.32 Å². The minimum atomic E-state index is 0.194. The molecule has 1 aliphatic carbocycles. The Labute approximate surface area is 48.5 Å². The lowest BCUT2D eigenvalue weighted by molar-refractivity contribution is 0.640. The van der Waals surface area contributed by atoms with E-state index in [4.69, 9.17) is 5.26 Å². The van der Waals surface area contributed by atoms with Gasteiger partial charge in [0.1, 0.15) is 0 Å². The van der Waals surface area contributed by atoms with E-state index >= 15 is 0 Å². The molecule has 8 heavy (non-hydrogen) atoms. The predicted octanol–water partition coefficient (Wildman–Crippen LogP) is 0.118. The van der Waals surface area contributed by atoms with Crippen molar-refractivity contribution in [2.75, 3.05) is 6.54 Å². The molecule has 2 rings (SSSR count). The van der Waals surface area contributed by atoms with Crippen LogP contribution in [0.2, 0.25) is 0 Å². The lowest BCUT2D eigenvalue weighted by Crippen LogP contribution is -2.23. The van der Waals surface area contributed by atoms with Crippen molar-refractivity contribution in [3.63, 3.8) is 0 Å². The van der Waals surface area contributed by atoms with E-state index in [1.54, 1.807) is 0 Å². The van der Waals surface area contributed by atoms with Crippen LogP contribution in [0.5, 0.6) is 0 Å². The minimum Gasteiger partial charge on any atom is -0.301 e. The molecule has 1 aliphatic heterocycles. The second kappa shape index (κ2) is 1.24. The van der Waals surface area contributed by atoms with Gasteiger partial charge in [0.2, 0.25) is 0 Å². The zero-order valence-electron chi connectivity index (χ0n) is 4.59. The summed E-state index contributed by atoms with van der Waals surface area (Å²) in [5.74, 6) is 1.58. The molecule has 0 aromatic heterocycles. The van der Waals surface area contributed by atoms with Gasteiger partial charge in [0.05, 0.1) is 12.1 Å². The summed E-state index contributed by atoms with van der Waals surface area (Å²) in [5.41, 5.74) is 0. The highest BCUT2D eigenvalue weighted by molar-refractivity contribution is 5.11. The Hall–Kier alpha value is -0.550. The van der Waals surface area contributed by atoms with Crippen molar-refractivity contribution < 1.29 is 0 Å². The van der Waals surface area contributed by atoms with Crippen molar-refractivity contribution in [3.8, 4) is 6.07 Å². The molecular weight excluding hydrogens is 100 g/mol. The second-order valence-electron chi connectivity index (χ2n) is 2.67. The van der Waals surface area contributed by atoms with Gasteiger partial charge in [0.15, 0.2) is 0 Å². The summed E-state index contributed by atoms with van der Waals surface area (Å²) in [6.45, 7) is 1.09. The summed E-state index contributed by atoms with van der Waals surface area (Å²) in [6, 6.07) is 2.44. The summed E-state index contributed by atoms with van der Waals surface area (Å²) < 4.78 is 0. The Kier molecular flexibility index (Phi) is 0.671. The Bertz CT molecular complexity index is 147. The molecule has 42 valence electrons. The smallest absolute Gasteiger partial charge is 0.0984 e. The summed E-state index contributed by atoms with van der Waals surface area (Å²) in [5, 5.41) is 11.6. The van der Waals surface area contributed by atoms with Crippen LogP contribution in [0.15, 0.2) is 0 Å². The Morgan fingerprint density at radius 3 is 2.75 bits per heavy atom. The molecule has 2 heteroatoms. The molecule has 0 amide bonds. The molecule has 2 aliphatic rings. The molecule has 1 N–H and O–H groups in total. The maximum atomic E-state index is 8.45. The Balaban J connectivity index is 2.09. The SMILES string of the molecule is N#C[C@@H]1NCC2C[C@@H]21. The van der Waals surface area contributed by atoms with Gasteiger partial charge in [0.25, 0.3) is 0 Å². The van der Waals surface area contributed by atoms with Gasteiger partial charge in [0, 0.05) is 0 Å². The molecule has 0 bridgehead atoms. The van der Waals surface area contributed by atoms with E-state index in [1.165, 1.54) is 6.42 Å². The van der Waals surface area contributed by atoms with E-state index in [2.05, 4.69) is 11.4 Å². The molecule has 1 saturated heterocycles. The number of hydrogen-bond acceptors (Lipinski definition) is 2. The van der Waals surface area contributed by atoms with Gasteiger partial charge in [-0.1, -0.05) is 0 Å². The van der Waals surface area contributed by atoms with Crippen molar-refractivity contribution >= 4 is 0 Å². The highest BCUT2D eigenvalue weighted by atomic mass is 15.0. The fraction of sp³-hybridized carbons (Fsp3) is 0.833. The van der Waals surface area contributed by atoms with Gasteiger partial charge in [-0.2, -0.15) is 5.26 Å². The zero-order valence-corrected chi connectivity index (χ0v) is 4.59. The first-order valence-corrected chi connectivity index (χ1v) is 3.05. The third-order valence-electron chi connectivity index (χ3n) is 2.14. The van der Waals surface area contributed by atoms with Crippen LogP contribution in [-0.2, 0) is 0 Å². The lowest BCUT2D eigenvalue weighted by atomic mass is 10.2. The number of hydrogen-bond donors (Lipinski definition) is 1. The van der Waals surface area contributed by atoms with Crippen LogP contribution >= 0.6 is 0 Å². The van der Waals surface area contributed by atoms with Crippen molar-refractivity contribution in [2.45, 2.75) is 12.5 Å². The lowest BCUT2D eigenvalue weighted by Gasteiger charge is -1.98. The van der Waals surface area contributed by atoms with Gasteiger partial charge in [-0.3, -0.25) is 0 Å². The molecule has 2 fully saturated rings. The van der Waals surface area contributed by atoms with E-state index in [0.717, 1.165) is 18.4 Å². The summed E-state index contributed by atoms with van der Waals surface area (Å²) in [4.78, 5) is 0. The topological polar surface area (TPSA) is 35.8 Å². The largest absolute Gasteiger partial charge is 0.301 e. The van der Waals surface area contributed by atoms with Gasteiger partial charge in [-0.05, 0) is 24.8 Å². The highest BCUT2D eigenvalue weighted by Crippen LogP contribution is 2.44. The van der Waals surface area contributed by atoms with Crippen LogP contribution in [0.4, 0.5) is 0 Å². The number of nitrogens with one attached hydrogen (secondary N) is 1. The van der Waals surface area contributed by atoms with Crippen molar-refractivity contribution in [3.05, 3.63) is 0 Å². The predicted molar refractivity (Wildman–Crippen MR) is 29.0 cm³/mol. The Morgan fingerprint density at radius 2 is 2.50 bits per heavy atom. The molecule has 1 saturated carbocycles. The first-order valence-electron chi connectivity index (χ1n) is 3.05. The first kappa shape index (κ1) is 4.34. The maximum Gasteiger partial charge on any atom is 0.0984 e. The standard InChI is InChI=1S/C6H8N2/c7-2-6-5-1-4(5)3-8-6/h4-6,8H,1,3H2/t4?,5-,6-/m0/s1. The number of rotatable bonds is 0. The van der Waals surface area contributed by atoms with Gasteiger partial charge in [-0.15, -0.1) is 0 Å². The molecule has 0 aromatic rings. The van der Waals surface area contributed by atoms with E-state index in [0.29, 0.717) is 0 Å². The van der Waals surface area contributed by atoms with E-state index in [9.17, 15) is 0 Å². The maximum absolute atomic E-state index is 8.45. The van der Waals surface area contributed by atoms with Crippen LogP contribution in [0, 0.1) is 23.2 Å². The van der Waals surface area contributed by atoms with Crippen LogP contribution in [0.3, 0.4) is 0 Å². The molecule has 1 unspecified atom stereocenters. The first-order chi connectivity index (χ1) is 3.92. The van der Waals surface area contributed by atoms with Crippen molar-refractivity contribution in [1.29, 1.82) is 5.26 Å². The van der Waals surface area contributed by atoms with Crippen LogP contribution in [0.25, 0.3) is 0 Å². The fourth-order valence-electron chi connectivity index (χ4n) is 1.49. The monoisotopic (exact) mass is 108 g/mol. The number of piperidine rings is 1. The fourth-order valence-corrected chi connectivity index (χ4v) is 1.49. The summed E-state index contributed by atoms with van der Waals surface area (Å²) in [6.07, 6.45) is 1.30. The molecular formula is C6H8N2. The minimum absolute atomic E-state index is 0.194. The average molecular weight is 108 g/mol. The highest BCUT2D eigenvalue weighted by Gasteiger charge is 2.48. The van der Waals surface area contributed by atoms with E-state index in [-0.39, 0.29) is 6.04 Å². The zero-order chi connectivity index (χ0) is 5.56. The van der Waals surface area contributed by atoms with Gasteiger partial charge >= 0.3 is 0 Å². The van der Waals surface area contributed by atoms with Crippen LogP contribution < -0.4 is 5.32 Å². The third-order valence-corrected chi connectivity index (χ3v) is 2.14. The molecule has 3 atom stereocenters. The normalized spacial score (nSPS) is 50.1.